The summed E-state index contributed by atoms with van der Waals surface area (Å²) in [5.41, 5.74) is 8.73. The Kier molecular flexibility index (Phi) is 4.21. The van der Waals surface area contributed by atoms with Crippen molar-refractivity contribution in [1.29, 1.82) is 0 Å². The van der Waals surface area contributed by atoms with Gasteiger partial charge in [0.2, 0.25) is 5.52 Å². The normalized spacial score (nSPS) is 12.3. The monoisotopic (exact) mass is 394 g/mol. The molecule has 1 aromatic heterocycles. The quantitative estimate of drug-likeness (QED) is 0.299. The second-order valence-electron chi connectivity index (χ2n) is 8.99. The molecule has 0 spiro atoms. The van der Waals surface area contributed by atoms with Gasteiger partial charge in [-0.25, -0.2) is 0 Å². The zero-order valence-corrected chi connectivity index (χ0v) is 18.5. The van der Waals surface area contributed by atoms with E-state index in [0.29, 0.717) is 5.92 Å². The highest BCUT2D eigenvalue weighted by atomic mass is 16.5. The Morgan fingerprint density at radius 1 is 1.07 bits per heavy atom. The van der Waals surface area contributed by atoms with E-state index in [2.05, 4.69) is 88.4 Å². The predicted octanol–water partition coefficient (Wildman–Crippen LogP) is 7.05. The number of ether oxygens (including phenoxy) is 1. The third-order valence-corrected chi connectivity index (χ3v) is 6.42. The van der Waals surface area contributed by atoms with Crippen molar-refractivity contribution in [3.63, 3.8) is 0 Å². The highest BCUT2D eigenvalue weighted by molar-refractivity contribution is 6.05. The molecule has 0 fully saturated rings. The Hall–Kier alpha value is -3.13. The van der Waals surface area contributed by atoms with E-state index in [1.54, 1.807) is 0 Å². The lowest BCUT2D eigenvalue weighted by molar-refractivity contribution is -0.633. The van der Waals surface area contributed by atoms with E-state index in [4.69, 9.17) is 4.74 Å². The van der Waals surface area contributed by atoms with Gasteiger partial charge in [-0.15, -0.1) is 0 Å². The third kappa shape index (κ3) is 2.67. The van der Waals surface area contributed by atoms with E-state index in [9.17, 15) is 0 Å². The molecule has 0 radical (unpaired) electrons. The molecule has 0 unspecified atom stereocenters. The van der Waals surface area contributed by atoms with Crippen molar-refractivity contribution in [2.75, 3.05) is 0 Å². The minimum atomic E-state index is 0.605. The van der Waals surface area contributed by atoms with Crippen LogP contribution in [0.3, 0.4) is 0 Å². The standard InChI is InChI=1S/C28H28NO/c1-7-20-9-8-10-23-22(20)15-25-28(29(23)6)26-18(5)17(4)12-21-13-19(11-16(2)3)14-24(30-25)27(21)26/h7-10,12-16H,1,11H2,2-6H3/q+1. The van der Waals surface area contributed by atoms with E-state index in [0.717, 1.165) is 34.6 Å². The Labute approximate surface area is 178 Å². The van der Waals surface area contributed by atoms with Crippen molar-refractivity contribution in [3.8, 4) is 22.8 Å². The van der Waals surface area contributed by atoms with Crippen LogP contribution in [-0.2, 0) is 13.5 Å². The number of pyridine rings is 1. The number of rotatable bonds is 3. The summed E-state index contributed by atoms with van der Waals surface area (Å²) in [7, 11) is 2.14. The molecule has 0 atom stereocenters. The Morgan fingerprint density at radius 3 is 2.60 bits per heavy atom. The molecule has 2 heterocycles. The zero-order valence-electron chi connectivity index (χ0n) is 18.5. The predicted molar refractivity (Wildman–Crippen MR) is 126 cm³/mol. The van der Waals surface area contributed by atoms with Crippen LogP contribution in [-0.4, -0.2) is 0 Å². The van der Waals surface area contributed by atoms with E-state index in [1.807, 2.05) is 6.08 Å². The second kappa shape index (κ2) is 6.70. The van der Waals surface area contributed by atoms with Gasteiger partial charge in [0.1, 0.15) is 12.8 Å². The van der Waals surface area contributed by atoms with Crippen LogP contribution < -0.4 is 9.30 Å². The molecule has 5 rings (SSSR count). The van der Waals surface area contributed by atoms with Crippen molar-refractivity contribution >= 4 is 27.8 Å². The van der Waals surface area contributed by atoms with Crippen molar-refractivity contribution in [3.05, 3.63) is 71.3 Å². The second-order valence-corrected chi connectivity index (χ2v) is 8.99. The molecular weight excluding hydrogens is 366 g/mol. The smallest absolute Gasteiger partial charge is 0.256 e. The number of aryl methyl sites for hydroxylation is 2. The van der Waals surface area contributed by atoms with Gasteiger partial charge in [0, 0.05) is 17.5 Å². The average molecular weight is 395 g/mol. The van der Waals surface area contributed by atoms with Crippen LogP contribution in [0.4, 0.5) is 0 Å². The molecule has 2 nitrogen and oxygen atoms in total. The summed E-state index contributed by atoms with van der Waals surface area (Å²) < 4.78 is 8.88. The fraction of sp³-hybridized carbons (Fsp3) is 0.250. The first-order valence-corrected chi connectivity index (χ1v) is 10.7. The van der Waals surface area contributed by atoms with E-state index >= 15 is 0 Å². The van der Waals surface area contributed by atoms with Crippen LogP contribution in [0, 0.1) is 19.8 Å². The summed E-state index contributed by atoms with van der Waals surface area (Å²) in [6.45, 7) is 13.0. The number of aromatic nitrogens is 1. The molecule has 0 bridgehead atoms. The van der Waals surface area contributed by atoms with Crippen LogP contribution in [0.15, 0.2) is 49.0 Å². The number of fused-ring (bicyclic) bond motifs is 3. The first-order valence-electron chi connectivity index (χ1n) is 10.7. The number of benzene rings is 3. The summed E-state index contributed by atoms with van der Waals surface area (Å²) in [6, 6.07) is 15.5. The van der Waals surface area contributed by atoms with Gasteiger partial charge in [-0.3, -0.25) is 0 Å². The molecular formula is C28H28NO+. The topological polar surface area (TPSA) is 13.1 Å². The highest BCUT2D eigenvalue weighted by Gasteiger charge is 2.32. The highest BCUT2D eigenvalue weighted by Crippen LogP contribution is 2.48. The van der Waals surface area contributed by atoms with Crippen LogP contribution >= 0.6 is 0 Å². The molecule has 0 N–H and O–H groups in total. The number of hydrogen-bond donors (Lipinski definition) is 0. The Bertz CT molecular complexity index is 1360. The molecule has 0 aliphatic carbocycles. The van der Waals surface area contributed by atoms with Gasteiger partial charge in [-0.05, 0) is 59.9 Å². The summed E-state index contributed by atoms with van der Waals surface area (Å²) in [5.74, 6) is 2.50. The largest absolute Gasteiger partial charge is 0.450 e. The molecule has 150 valence electrons. The van der Waals surface area contributed by atoms with Crippen molar-refractivity contribution in [1.82, 2.24) is 0 Å². The minimum absolute atomic E-state index is 0.605. The van der Waals surface area contributed by atoms with Crippen LogP contribution in [0.25, 0.3) is 39.0 Å². The number of hydrogen-bond acceptors (Lipinski definition) is 1. The van der Waals surface area contributed by atoms with Gasteiger partial charge < -0.3 is 4.74 Å². The lowest BCUT2D eigenvalue weighted by Crippen LogP contribution is -2.33. The SMILES string of the molecule is C=Cc1cccc2c1cc1c([n+]2C)-c2c(C)c(C)cc3cc(CC(C)C)cc(c23)O1. The Balaban J connectivity index is 1.91. The molecule has 1 aliphatic heterocycles. The van der Waals surface area contributed by atoms with E-state index < -0.39 is 0 Å². The van der Waals surface area contributed by atoms with Crippen LogP contribution in [0.2, 0.25) is 0 Å². The molecule has 2 heteroatoms. The first-order chi connectivity index (χ1) is 14.4. The van der Waals surface area contributed by atoms with Crippen LogP contribution in [0.1, 0.15) is 36.1 Å². The fourth-order valence-electron chi connectivity index (χ4n) is 4.94. The Morgan fingerprint density at radius 2 is 1.87 bits per heavy atom. The lowest BCUT2D eigenvalue weighted by atomic mass is 9.88. The van der Waals surface area contributed by atoms with Gasteiger partial charge in [0.15, 0.2) is 5.75 Å². The lowest BCUT2D eigenvalue weighted by Gasteiger charge is -2.23. The fourth-order valence-corrected chi connectivity index (χ4v) is 4.94. The maximum absolute atomic E-state index is 6.60. The van der Waals surface area contributed by atoms with Crippen molar-refractivity contribution in [2.45, 2.75) is 34.1 Å². The van der Waals surface area contributed by atoms with E-state index in [1.165, 1.54) is 38.5 Å². The molecule has 4 aromatic rings. The van der Waals surface area contributed by atoms with Gasteiger partial charge in [-0.2, -0.15) is 4.57 Å². The van der Waals surface area contributed by atoms with Gasteiger partial charge in [0.05, 0.1) is 10.9 Å². The molecule has 3 aromatic carbocycles. The maximum atomic E-state index is 6.60. The van der Waals surface area contributed by atoms with Gasteiger partial charge in [0.25, 0.3) is 5.69 Å². The molecule has 0 amide bonds. The molecule has 0 saturated carbocycles. The molecule has 1 aliphatic rings. The summed E-state index contributed by atoms with van der Waals surface area (Å²) >= 11 is 0. The van der Waals surface area contributed by atoms with Crippen molar-refractivity contribution < 1.29 is 9.30 Å². The minimum Gasteiger partial charge on any atom is -0.450 e. The third-order valence-electron chi connectivity index (χ3n) is 6.42. The summed E-state index contributed by atoms with van der Waals surface area (Å²) in [6.07, 6.45) is 2.97. The van der Waals surface area contributed by atoms with Crippen molar-refractivity contribution in [2.24, 2.45) is 13.0 Å². The van der Waals surface area contributed by atoms with Gasteiger partial charge in [-0.1, -0.05) is 50.8 Å². The van der Waals surface area contributed by atoms with Crippen LogP contribution in [0.5, 0.6) is 11.5 Å². The zero-order chi connectivity index (χ0) is 21.2. The van der Waals surface area contributed by atoms with Gasteiger partial charge >= 0.3 is 0 Å². The number of nitrogens with zero attached hydrogens (tertiary/aromatic N) is 1. The summed E-state index contributed by atoms with van der Waals surface area (Å²) in [5, 5.41) is 3.66. The molecule has 0 saturated heterocycles. The summed E-state index contributed by atoms with van der Waals surface area (Å²) in [4.78, 5) is 0. The van der Waals surface area contributed by atoms with E-state index in [-0.39, 0.29) is 0 Å². The average Bonchev–Trinajstić information content (AvgIpc) is 2.70. The molecule has 30 heavy (non-hydrogen) atoms. The first kappa shape index (κ1) is 18.9. The maximum Gasteiger partial charge on any atom is 0.256 e.